The van der Waals surface area contributed by atoms with Crippen molar-refractivity contribution in [2.75, 3.05) is 0 Å². The van der Waals surface area contributed by atoms with E-state index in [4.69, 9.17) is 5.11 Å². The number of hydrogen-bond donors (Lipinski definition) is 3. The van der Waals surface area contributed by atoms with Gasteiger partial charge in [0.1, 0.15) is 6.23 Å². The number of benzene rings is 1. The van der Waals surface area contributed by atoms with E-state index in [1.54, 1.807) is 24.3 Å². The summed E-state index contributed by atoms with van der Waals surface area (Å²) in [5.74, 6) is -0.262. The molecule has 1 unspecified atom stereocenters. The molecule has 1 atom stereocenters. The van der Waals surface area contributed by atoms with Crippen LogP contribution in [0.4, 0.5) is 0 Å². The molecule has 0 saturated carbocycles. The van der Waals surface area contributed by atoms with Crippen LogP contribution in [0.15, 0.2) is 30.3 Å². The van der Waals surface area contributed by atoms with Crippen molar-refractivity contribution in [1.82, 2.24) is 10.9 Å². The third-order valence-corrected chi connectivity index (χ3v) is 1.43. The number of nitrogens with one attached hydrogen (secondary N) is 2. The number of carbonyl (C=O) groups excluding carboxylic acids is 1. The molecule has 1 aromatic carbocycles. The Bertz CT molecular complexity index is 272. The molecule has 1 aromatic rings. The van der Waals surface area contributed by atoms with Gasteiger partial charge in [-0.2, -0.15) is 0 Å². The van der Waals surface area contributed by atoms with E-state index in [0.29, 0.717) is 5.56 Å². The monoisotopic (exact) mass is 180 g/mol. The quantitative estimate of drug-likeness (QED) is 0.462. The van der Waals surface area contributed by atoms with Gasteiger partial charge in [-0.05, 0) is 19.1 Å². The summed E-state index contributed by atoms with van der Waals surface area (Å²) in [5, 5.41) is 8.82. The number of aliphatic hydroxyl groups excluding tert-OH is 1. The van der Waals surface area contributed by atoms with E-state index in [0.717, 1.165) is 0 Å². The van der Waals surface area contributed by atoms with Crippen LogP contribution in [0.3, 0.4) is 0 Å². The number of rotatable bonds is 3. The predicted octanol–water partition coefficient (Wildman–Crippen LogP) is 0.259. The van der Waals surface area contributed by atoms with Crippen molar-refractivity contribution >= 4 is 5.91 Å². The van der Waals surface area contributed by atoms with Crippen LogP contribution in [0.1, 0.15) is 17.3 Å². The Hall–Kier alpha value is -1.39. The van der Waals surface area contributed by atoms with Crippen LogP contribution in [-0.4, -0.2) is 17.2 Å². The number of hydrogen-bond acceptors (Lipinski definition) is 3. The average Bonchev–Trinajstić information content (AvgIpc) is 2.15. The molecule has 1 amide bonds. The Morgan fingerprint density at radius 2 is 2.00 bits per heavy atom. The summed E-state index contributed by atoms with van der Waals surface area (Å²) < 4.78 is 0. The number of amides is 1. The Labute approximate surface area is 76.6 Å². The molecule has 0 aliphatic heterocycles. The second kappa shape index (κ2) is 4.59. The molecule has 0 saturated heterocycles. The Kier molecular flexibility index (Phi) is 3.42. The summed E-state index contributed by atoms with van der Waals surface area (Å²) >= 11 is 0. The van der Waals surface area contributed by atoms with Crippen LogP contribution in [0, 0.1) is 0 Å². The van der Waals surface area contributed by atoms with Crippen LogP contribution in [-0.2, 0) is 0 Å². The first-order valence-corrected chi connectivity index (χ1v) is 3.99. The van der Waals surface area contributed by atoms with Gasteiger partial charge in [0.25, 0.3) is 5.91 Å². The zero-order chi connectivity index (χ0) is 9.68. The van der Waals surface area contributed by atoms with Gasteiger partial charge in [0.2, 0.25) is 0 Å². The first kappa shape index (κ1) is 9.70. The van der Waals surface area contributed by atoms with Crippen molar-refractivity contribution in [1.29, 1.82) is 0 Å². The molecule has 0 spiro atoms. The summed E-state index contributed by atoms with van der Waals surface area (Å²) in [6, 6.07) is 8.77. The van der Waals surface area contributed by atoms with Crippen LogP contribution in [0.25, 0.3) is 0 Å². The smallest absolute Gasteiger partial charge is 0.265 e. The fraction of sp³-hybridized carbons (Fsp3) is 0.222. The Balaban J connectivity index is 2.50. The fourth-order valence-corrected chi connectivity index (χ4v) is 0.832. The van der Waals surface area contributed by atoms with E-state index in [9.17, 15) is 4.79 Å². The van der Waals surface area contributed by atoms with Crippen molar-refractivity contribution in [3.8, 4) is 0 Å². The lowest BCUT2D eigenvalue weighted by molar-refractivity contribution is 0.0838. The van der Waals surface area contributed by atoms with Crippen LogP contribution >= 0.6 is 0 Å². The summed E-state index contributed by atoms with van der Waals surface area (Å²) in [4.78, 5) is 11.3. The first-order chi connectivity index (χ1) is 6.20. The highest BCUT2D eigenvalue weighted by atomic mass is 16.3. The van der Waals surface area contributed by atoms with Crippen LogP contribution in [0.2, 0.25) is 0 Å². The molecule has 0 heterocycles. The first-order valence-electron chi connectivity index (χ1n) is 3.99. The molecule has 70 valence electrons. The minimum absolute atomic E-state index is 0.262. The normalized spacial score (nSPS) is 12.2. The van der Waals surface area contributed by atoms with Crippen LogP contribution in [0.5, 0.6) is 0 Å². The van der Waals surface area contributed by atoms with Crippen molar-refractivity contribution < 1.29 is 9.90 Å². The largest absolute Gasteiger partial charge is 0.377 e. The van der Waals surface area contributed by atoms with Gasteiger partial charge in [0.05, 0.1) is 0 Å². The maximum atomic E-state index is 11.3. The highest BCUT2D eigenvalue weighted by Gasteiger charge is 2.03. The predicted molar refractivity (Wildman–Crippen MR) is 48.7 cm³/mol. The summed E-state index contributed by atoms with van der Waals surface area (Å²) in [6.07, 6.45) is -0.757. The van der Waals surface area contributed by atoms with E-state index in [2.05, 4.69) is 10.9 Å². The molecule has 0 bridgehead atoms. The van der Waals surface area contributed by atoms with E-state index in [1.807, 2.05) is 6.07 Å². The van der Waals surface area contributed by atoms with Gasteiger partial charge < -0.3 is 5.11 Å². The lowest BCUT2D eigenvalue weighted by Gasteiger charge is -2.08. The molecule has 4 heteroatoms. The van der Waals surface area contributed by atoms with Gasteiger partial charge in [-0.3, -0.25) is 10.2 Å². The molecular weight excluding hydrogens is 168 g/mol. The third-order valence-electron chi connectivity index (χ3n) is 1.43. The second-order valence-corrected chi connectivity index (χ2v) is 2.64. The molecule has 3 N–H and O–H groups in total. The summed E-state index contributed by atoms with van der Waals surface area (Å²) in [6.45, 7) is 1.52. The molecule has 4 nitrogen and oxygen atoms in total. The molecule has 0 fully saturated rings. The van der Waals surface area contributed by atoms with Crippen molar-refractivity contribution in [3.63, 3.8) is 0 Å². The fourth-order valence-electron chi connectivity index (χ4n) is 0.832. The van der Waals surface area contributed by atoms with Crippen molar-refractivity contribution in [2.24, 2.45) is 0 Å². The average molecular weight is 180 g/mol. The van der Waals surface area contributed by atoms with Crippen LogP contribution < -0.4 is 10.9 Å². The van der Waals surface area contributed by atoms with Gasteiger partial charge >= 0.3 is 0 Å². The number of hydrazine groups is 1. The second-order valence-electron chi connectivity index (χ2n) is 2.64. The number of aliphatic hydroxyl groups is 1. The minimum atomic E-state index is -0.757. The highest BCUT2D eigenvalue weighted by Crippen LogP contribution is 1.96. The molecule has 1 rings (SSSR count). The van der Waals surface area contributed by atoms with E-state index < -0.39 is 6.23 Å². The molecular formula is C9H12N2O2. The molecule has 13 heavy (non-hydrogen) atoms. The maximum Gasteiger partial charge on any atom is 0.265 e. The maximum absolute atomic E-state index is 11.3. The van der Waals surface area contributed by atoms with Gasteiger partial charge in [-0.15, -0.1) is 0 Å². The Morgan fingerprint density at radius 3 is 2.54 bits per heavy atom. The van der Waals surface area contributed by atoms with E-state index >= 15 is 0 Å². The Morgan fingerprint density at radius 1 is 1.38 bits per heavy atom. The third kappa shape index (κ3) is 3.23. The molecule has 0 radical (unpaired) electrons. The van der Waals surface area contributed by atoms with Gasteiger partial charge in [-0.1, -0.05) is 18.2 Å². The van der Waals surface area contributed by atoms with Crippen molar-refractivity contribution in [3.05, 3.63) is 35.9 Å². The van der Waals surface area contributed by atoms with Gasteiger partial charge in [0.15, 0.2) is 0 Å². The molecule has 0 aromatic heterocycles. The van der Waals surface area contributed by atoms with Gasteiger partial charge in [0, 0.05) is 5.56 Å². The highest BCUT2D eigenvalue weighted by molar-refractivity contribution is 5.93. The topological polar surface area (TPSA) is 61.4 Å². The minimum Gasteiger partial charge on any atom is -0.377 e. The van der Waals surface area contributed by atoms with Crippen molar-refractivity contribution in [2.45, 2.75) is 13.2 Å². The molecule has 0 aliphatic carbocycles. The standard InChI is InChI=1S/C9H12N2O2/c1-7(12)10-11-9(13)8-5-3-2-4-6-8/h2-7,10,12H,1H3,(H,11,13). The summed E-state index contributed by atoms with van der Waals surface area (Å²) in [7, 11) is 0. The van der Waals surface area contributed by atoms with E-state index in [1.165, 1.54) is 6.92 Å². The lowest BCUT2D eigenvalue weighted by Crippen LogP contribution is -2.42. The molecule has 0 aliphatic rings. The zero-order valence-corrected chi connectivity index (χ0v) is 7.32. The summed E-state index contributed by atoms with van der Waals surface area (Å²) in [5.41, 5.74) is 5.31. The zero-order valence-electron chi connectivity index (χ0n) is 7.32. The SMILES string of the molecule is CC(O)NNC(=O)c1ccccc1. The van der Waals surface area contributed by atoms with Gasteiger partial charge in [-0.25, -0.2) is 5.43 Å². The lowest BCUT2D eigenvalue weighted by atomic mass is 10.2. The van der Waals surface area contributed by atoms with E-state index in [-0.39, 0.29) is 5.91 Å². The number of carbonyl (C=O) groups is 1.